The van der Waals surface area contributed by atoms with E-state index in [9.17, 15) is 4.79 Å². The predicted octanol–water partition coefficient (Wildman–Crippen LogP) is 3.38. The van der Waals surface area contributed by atoms with Crippen LogP contribution in [0, 0.1) is 0 Å². The van der Waals surface area contributed by atoms with E-state index in [4.69, 9.17) is 4.42 Å². The topological polar surface area (TPSA) is 30.2 Å². The van der Waals surface area contributed by atoms with Gasteiger partial charge in [0.05, 0.1) is 11.6 Å². The largest absolute Gasteiger partial charge is 0.464 e. The summed E-state index contributed by atoms with van der Waals surface area (Å²) in [5.74, 6) is 0. The van der Waals surface area contributed by atoms with Gasteiger partial charge in [-0.3, -0.25) is 4.79 Å². The van der Waals surface area contributed by atoms with Gasteiger partial charge in [-0.25, -0.2) is 0 Å². The van der Waals surface area contributed by atoms with Crippen LogP contribution < -0.4 is 5.43 Å². The zero-order valence-corrected chi connectivity index (χ0v) is 9.80. The molecule has 1 aromatic heterocycles. The maximum atomic E-state index is 12.3. The molecule has 0 saturated carbocycles. The summed E-state index contributed by atoms with van der Waals surface area (Å²) >= 11 is 0. The van der Waals surface area contributed by atoms with Crippen molar-refractivity contribution in [3.05, 3.63) is 82.2 Å². The van der Waals surface area contributed by atoms with Crippen molar-refractivity contribution in [1.29, 1.82) is 0 Å². The van der Waals surface area contributed by atoms with Crippen LogP contribution in [0.25, 0.3) is 11.0 Å². The van der Waals surface area contributed by atoms with E-state index >= 15 is 0 Å². The zero-order valence-electron chi connectivity index (χ0n) is 9.80. The number of rotatable bonds is 2. The molecule has 0 amide bonds. The highest BCUT2D eigenvalue weighted by atomic mass is 16.3. The molecule has 3 rings (SSSR count). The monoisotopic (exact) mass is 236 g/mol. The van der Waals surface area contributed by atoms with Gasteiger partial charge in [0.15, 0.2) is 5.43 Å². The quantitative estimate of drug-likeness (QED) is 0.682. The molecule has 0 N–H and O–H groups in total. The molecule has 1 heterocycles. The van der Waals surface area contributed by atoms with Crippen molar-refractivity contribution in [3.8, 4) is 0 Å². The number of para-hydroxylation sites is 1. The van der Waals surface area contributed by atoms with Crippen LogP contribution in [0.3, 0.4) is 0 Å². The number of fused-ring (bicyclic) bond motifs is 1. The van der Waals surface area contributed by atoms with Gasteiger partial charge in [0.1, 0.15) is 5.58 Å². The van der Waals surface area contributed by atoms with Gasteiger partial charge in [0, 0.05) is 12.0 Å². The molecule has 2 aromatic carbocycles. The number of hydrogen-bond donors (Lipinski definition) is 0. The highest BCUT2D eigenvalue weighted by Crippen LogP contribution is 2.12. The second-order valence-electron chi connectivity index (χ2n) is 4.25. The molecule has 0 radical (unpaired) electrons. The third kappa shape index (κ3) is 1.93. The van der Waals surface area contributed by atoms with E-state index in [1.807, 2.05) is 48.5 Å². The Morgan fingerprint density at radius 1 is 0.889 bits per heavy atom. The molecule has 2 heteroatoms. The van der Waals surface area contributed by atoms with E-state index in [-0.39, 0.29) is 5.43 Å². The minimum atomic E-state index is 0.0562. The summed E-state index contributed by atoms with van der Waals surface area (Å²) in [6.45, 7) is 0. The maximum Gasteiger partial charge on any atom is 0.196 e. The molecular weight excluding hydrogens is 224 g/mol. The first-order valence-corrected chi connectivity index (χ1v) is 5.88. The fourth-order valence-corrected chi connectivity index (χ4v) is 2.06. The van der Waals surface area contributed by atoms with Crippen LogP contribution in [0.4, 0.5) is 0 Å². The molecule has 0 spiro atoms. The van der Waals surface area contributed by atoms with Crippen LogP contribution in [0.2, 0.25) is 0 Å². The summed E-state index contributed by atoms with van der Waals surface area (Å²) in [6.07, 6.45) is 2.17. The van der Waals surface area contributed by atoms with Crippen molar-refractivity contribution in [3.63, 3.8) is 0 Å². The second kappa shape index (κ2) is 4.49. The van der Waals surface area contributed by atoms with Gasteiger partial charge in [-0.15, -0.1) is 0 Å². The van der Waals surface area contributed by atoms with Crippen molar-refractivity contribution >= 4 is 11.0 Å². The molecule has 0 aliphatic rings. The molecular formula is C16H12O2. The Balaban J connectivity index is 2.08. The maximum absolute atomic E-state index is 12.3. The second-order valence-corrected chi connectivity index (χ2v) is 4.25. The fourth-order valence-electron chi connectivity index (χ4n) is 2.06. The van der Waals surface area contributed by atoms with Gasteiger partial charge in [0.25, 0.3) is 0 Å². The van der Waals surface area contributed by atoms with Crippen molar-refractivity contribution < 1.29 is 4.42 Å². The van der Waals surface area contributed by atoms with Crippen LogP contribution in [-0.2, 0) is 6.42 Å². The molecule has 88 valence electrons. The Labute approximate surface area is 105 Å². The summed E-state index contributed by atoms with van der Waals surface area (Å²) < 4.78 is 5.50. The third-order valence-electron chi connectivity index (χ3n) is 2.99. The average molecular weight is 236 g/mol. The minimum Gasteiger partial charge on any atom is -0.464 e. The predicted molar refractivity (Wildman–Crippen MR) is 71.7 cm³/mol. The molecule has 2 nitrogen and oxygen atoms in total. The molecule has 0 aliphatic carbocycles. The first-order chi connectivity index (χ1) is 8.84. The smallest absolute Gasteiger partial charge is 0.196 e. The van der Waals surface area contributed by atoms with Crippen molar-refractivity contribution in [2.75, 3.05) is 0 Å². The lowest BCUT2D eigenvalue weighted by atomic mass is 10.1. The van der Waals surface area contributed by atoms with Crippen LogP contribution in [-0.4, -0.2) is 0 Å². The standard InChI is InChI=1S/C16H12O2/c17-16-13(10-12-6-2-1-3-7-12)11-18-15-9-5-4-8-14(15)16/h1-9,11H,10H2. The molecule has 0 atom stereocenters. The normalized spacial score (nSPS) is 10.7. The van der Waals surface area contributed by atoms with Crippen LogP contribution in [0.5, 0.6) is 0 Å². The van der Waals surface area contributed by atoms with Gasteiger partial charge in [0.2, 0.25) is 0 Å². The Bertz CT molecular complexity index is 727. The Hall–Kier alpha value is -2.35. The summed E-state index contributed by atoms with van der Waals surface area (Å²) in [5, 5.41) is 0.644. The summed E-state index contributed by atoms with van der Waals surface area (Å²) in [7, 11) is 0. The molecule has 0 unspecified atom stereocenters. The lowest BCUT2D eigenvalue weighted by molar-refractivity contribution is 0.594. The molecule has 0 bridgehead atoms. The van der Waals surface area contributed by atoms with E-state index in [2.05, 4.69) is 0 Å². The average Bonchev–Trinajstić information content (AvgIpc) is 2.43. The van der Waals surface area contributed by atoms with Gasteiger partial charge >= 0.3 is 0 Å². The van der Waals surface area contributed by atoms with E-state index in [1.165, 1.54) is 0 Å². The first kappa shape index (κ1) is 10.8. The van der Waals surface area contributed by atoms with Gasteiger partial charge < -0.3 is 4.42 Å². The van der Waals surface area contributed by atoms with E-state index in [0.717, 1.165) is 5.56 Å². The van der Waals surface area contributed by atoms with Gasteiger partial charge in [-0.2, -0.15) is 0 Å². The minimum absolute atomic E-state index is 0.0562. The lowest BCUT2D eigenvalue weighted by Gasteiger charge is -2.02. The zero-order chi connectivity index (χ0) is 12.4. The highest BCUT2D eigenvalue weighted by Gasteiger charge is 2.06. The van der Waals surface area contributed by atoms with Gasteiger partial charge in [-0.1, -0.05) is 42.5 Å². The summed E-state index contributed by atoms with van der Waals surface area (Å²) in [6, 6.07) is 17.2. The molecule has 3 aromatic rings. The summed E-state index contributed by atoms with van der Waals surface area (Å²) in [4.78, 5) is 12.3. The first-order valence-electron chi connectivity index (χ1n) is 5.88. The number of benzene rings is 2. The molecule has 18 heavy (non-hydrogen) atoms. The van der Waals surface area contributed by atoms with Crippen molar-refractivity contribution in [2.24, 2.45) is 0 Å². The Kier molecular flexibility index (Phi) is 2.69. The third-order valence-corrected chi connectivity index (χ3v) is 2.99. The van der Waals surface area contributed by atoms with Crippen molar-refractivity contribution in [2.45, 2.75) is 6.42 Å². The van der Waals surface area contributed by atoms with E-state index in [1.54, 1.807) is 12.3 Å². The molecule has 0 aliphatic heterocycles. The fraction of sp³-hybridized carbons (Fsp3) is 0.0625. The van der Waals surface area contributed by atoms with Crippen LogP contribution in [0.1, 0.15) is 11.1 Å². The SMILES string of the molecule is O=c1c(Cc2ccccc2)coc2ccccc12. The van der Waals surface area contributed by atoms with Crippen LogP contribution >= 0.6 is 0 Å². The van der Waals surface area contributed by atoms with E-state index < -0.39 is 0 Å². The Morgan fingerprint density at radius 3 is 2.44 bits per heavy atom. The Morgan fingerprint density at radius 2 is 1.61 bits per heavy atom. The summed E-state index contributed by atoms with van der Waals surface area (Å²) in [5.41, 5.74) is 2.50. The molecule has 0 saturated heterocycles. The van der Waals surface area contributed by atoms with Crippen molar-refractivity contribution in [1.82, 2.24) is 0 Å². The highest BCUT2D eigenvalue weighted by molar-refractivity contribution is 5.76. The van der Waals surface area contributed by atoms with E-state index in [0.29, 0.717) is 23.0 Å². The van der Waals surface area contributed by atoms with Crippen LogP contribution in [0.15, 0.2) is 70.1 Å². The lowest BCUT2D eigenvalue weighted by Crippen LogP contribution is -2.08. The van der Waals surface area contributed by atoms with Gasteiger partial charge in [-0.05, 0) is 17.7 Å². The number of hydrogen-bond acceptors (Lipinski definition) is 2. The molecule has 0 fully saturated rings.